The van der Waals surface area contributed by atoms with Crippen LogP contribution in [0.25, 0.3) is 0 Å². The fourth-order valence-electron chi connectivity index (χ4n) is 3.71. The third-order valence-corrected chi connectivity index (χ3v) is 6.13. The number of hydrogen-bond donors (Lipinski definition) is 3. The van der Waals surface area contributed by atoms with Crippen LogP contribution in [0.2, 0.25) is 0 Å². The van der Waals surface area contributed by atoms with Crippen molar-refractivity contribution in [3.63, 3.8) is 0 Å². The average Bonchev–Trinajstić information content (AvgIpc) is 3.31. The van der Waals surface area contributed by atoms with Gasteiger partial charge >= 0.3 is 5.97 Å². The van der Waals surface area contributed by atoms with Gasteiger partial charge in [0, 0.05) is 31.7 Å². The summed E-state index contributed by atoms with van der Waals surface area (Å²) >= 11 is 1.18. The molecule has 2 aliphatic rings. The van der Waals surface area contributed by atoms with E-state index >= 15 is 0 Å². The van der Waals surface area contributed by atoms with Crippen LogP contribution >= 0.6 is 11.3 Å². The fraction of sp³-hybridized carbons (Fsp3) is 0.526. The standard InChI is InChI=1S/C19H25N7O4S/c1-3-30-17(29)14-11(2)21-19(31-14)24-18-22-15-12(4-6-25(15)8-9-27)16(23-18)26-7-5-20-13(28)10-26/h27H,3-10H2,1-2H3,(H,20,28)(H,21,22,23,24). The molecule has 0 saturated carbocycles. The molecule has 166 valence electrons. The van der Waals surface area contributed by atoms with Crippen LogP contribution in [0.15, 0.2) is 0 Å². The molecule has 2 aliphatic heterocycles. The van der Waals surface area contributed by atoms with Crippen molar-refractivity contribution in [3.05, 3.63) is 16.1 Å². The van der Waals surface area contributed by atoms with E-state index in [-0.39, 0.29) is 19.1 Å². The number of rotatable bonds is 7. The third-order valence-electron chi connectivity index (χ3n) is 5.08. The highest BCUT2D eigenvalue weighted by molar-refractivity contribution is 7.17. The minimum absolute atomic E-state index is 0.0161. The average molecular weight is 448 g/mol. The van der Waals surface area contributed by atoms with Gasteiger partial charge in [0.2, 0.25) is 11.9 Å². The molecule has 0 spiro atoms. The number of aromatic nitrogens is 3. The van der Waals surface area contributed by atoms with E-state index in [4.69, 9.17) is 9.72 Å². The van der Waals surface area contributed by atoms with Crippen molar-refractivity contribution in [2.24, 2.45) is 0 Å². The summed E-state index contributed by atoms with van der Waals surface area (Å²) < 4.78 is 5.08. The van der Waals surface area contributed by atoms with Gasteiger partial charge in [0.1, 0.15) is 16.5 Å². The summed E-state index contributed by atoms with van der Waals surface area (Å²) in [6.07, 6.45) is 0.742. The van der Waals surface area contributed by atoms with E-state index in [1.165, 1.54) is 11.3 Å². The summed E-state index contributed by atoms with van der Waals surface area (Å²) in [5, 5.41) is 15.8. The first-order chi connectivity index (χ1) is 15.0. The van der Waals surface area contributed by atoms with Crippen LogP contribution in [-0.2, 0) is 16.0 Å². The highest BCUT2D eigenvalue weighted by atomic mass is 32.1. The van der Waals surface area contributed by atoms with E-state index in [0.29, 0.717) is 53.7 Å². The Morgan fingerprint density at radius 1 is 1.29 bits per heavy atom. The van der Waals surface area contributed by atoms with E-state index in [0.717, 1.165) is 24.3 Å². The number of esters is 1. The van der Waals surface area contributed by atoms with Crippen molar-refractivity contribution in [1.82, 2.24) is 20.3 Å². The number of anilines is 4. The zero-order valence-electron chi connectivity index (χ0n) is 17.5. The highest BCUT2D eigenvalue weighted by Crippen LogP contribution is 2.35. The molecule has 12 heteroatoms. The molecule has 4 heterocycles. The maximum Gasteiger partial charge on any atom is 0.350 e. The van der Waals surface area contributed by atoms with Gasteiger partial charge in [-0.3, -0.25) is 10.1 Å². The number of nitrogens with one attached hydrogen (secondary N) is 2. The second-order valence-electron chi connectivity index (χ2n) is 7.18. The lowest BCUT2D eigenvalue weighted by Crippen LogP contribution is -2.48. The summed E-state index contributed by atoms with van der Waals surface area (Å²) in [5.41, 5.74) is 1.54. The van der Waals surface area contributed by atoms with Crippen molar-refractivity contribution in [2.45, 2.75) is 20.3 Å². The number of carbonyl (C=O) groups excluding carboxylic acids is 2. The number of aryl methyl sites for hydroxylation is 1. The second kappa shape index (κ2) is 9.02. The van der Waals surface area contributed by atoms with Gasteiger partial charge in [-0.2, -0.15) is 9.97 Å². The summed E-state index contributed by atoms with van der Waals surface area (Å²) in [5.74, 6) is 1.32. The molecule has 0 radical (unpaired) electrons. The van der Waals surface area contributed by atoms with Gasteiger partial charge in [-0.25, -0.2) is 9.78 Å². The van der Waals surface area contributed by atoms with E-state index in [1.54, 1.807) is 13.8 Å². The first-order valence-corrected chi connectivity index (χ1v) is 11.0. The number of amides is 1. The molecule has 2 aromatic heterocycles. The molecular formula is C19H25N7O4S. The molecule has 3 N–H and O–H groups in total. The molecule has 11 nitrogen and oxygen atoms in total. The Kier molecular flexibility index (Phi) is 6.18. The number of aliphatic hydroxyl groups is 1. The first kappa shape index (κ1) is 21.2. The first-order valence-electron chi connectivity index (χ1n) is 10.2. The van der Waals surface area contributed by atoms with Crippen molar-refractivity contribution in [3.8, 4) is 0 Å². The minimum atomic E-state index is -0.408. The van der Waals surface area contributed by atoms with Gasteiger partial charge in [-0.05, 0) is 20.3 Å². The Balaban J connectivity index is 1.67. The van der Waals surface area contributed by atoms with Crippen LogP contribution in [0.5, 0.6) is 0 Å². The lowest BCUT2D eigenvalue weighted by atomic mass is 10.2. The Bertz CT molecular complexity index is 996. The molecule has 1 saturated heterocycles. The van der Waals surface area contributed by atoms with E-state index < -0.39 is 5.97 Å². The highest BCUT2D eigenvalue weighted by Gasteiger charge is 2.30. The zero-order chi connectivity index (χ0) is 22.0. The predicted octanol–water partition coefficient (Wildman–Crippen LogP) is 0.453. The Labute approximate surface area is 183 Å². The van der Waals surface area contributed by atoms with Crippen LogP contribution in [0.4, 0.5) is 22.7 Å². The van der Waals surface area contributed by atoms with E-state index in [1.807, 2.05) is 9.80 Å². The normalized spacial score (nSPS) is 15.6. The third kappa shape index (κ3) is 4.39. The van der Waals surface area contributed by atoms with E-state index in [2.05, 4.69) is 20.6 Å². The van der Waals surface area contributed by atoms with Gasteiger partial charge in [-0.1, -0.05) is 11.3 Å². The number of piperazine rings is 1. The topological polar surface area (TPSA) is 133 Å². The van der Waals surface area contributed by atoms with Crippen LogP contribution < -0.4 is 20.4 Å². The fourth-order valence-corrected chi connectivity index (χ4v) is 4.56. The van der Waals surface area contributed by atoms with Crippen LogP contribution in [0, 0.1) is 6.92 Å². The van der Waals surface area contributed by atoms with Gasteiger partial charge in [0.25, 0.3) is 0 Å². The summed E-state index contributed by atoms with van der Waals surface area (Å²) in [6.45, 7) is 6.43. The summed E-state index contributed by atoms with van der Waals surface area (Å²) in [7, 11) is 0. The number of fused-ring (bicyclic) bond motifs is 1. The number of carbonyl (C=O) groups is 2. The van der Waals surface area contributed by atoms with Crippen molar-refractivity contribution >= 4 is 45.9 Å². The van der Waals surface area contributed by atoms with E-state index in [9.17, 15) is 14.7 Å². The Morgan fingerprint density at radius 3 is 2.84 bits per heavy atom. The van der Waals surface area contributed by atoms with Gasteiger partial charge in [-0.15, -0.1) is 0 Å². The largest absolute Gasteiger partial charge is 0.462 e. The predicted molar refractivity (Wildman–Crippen MR) is 116 cm³/mol. The molecule has 0 unspecified atom stereocenters. The summed E-state index contributed by atoms with van der Waals surface area (Å²) in [6, 6.07) is 0. The number of thiazole rings is 1. The molecule has 1 fully saturated rings. The van der Waals surface area contributed by atoms with Crippen molar-refractivity contribution < 1.29 is 19.4 Å². The Hall–Kier alpha value is -2.99. The minimum Gasteiger partial charge on any atom is -0.462 e. The zero-order valence-corrected chi connectivity index (χ0v) is 18.3. The number of aliphatic hydroxyl groups excluding tert-OH is 1. The van der Waals surface area contributed by atoms with Crippen molar-refractivity contribution in [2.75, 3.05) is 61.1 Å². The maximum atomic E-state index is 12.1. The van der Waals surface area contributed by atoms with Crippen LogP contribution in [-0.4, -0.2) is 77.9 Å². The maximum absolute atomic E-state index is 12.1. The monoisotopic (exact) mass is 447 g/mol. The molecule has 0 aliphatic carbocycles. The molecule has 0 atom stereocenters. The smallest absolute Gasteiger partial charge is 0.350 e. The number of ether oxygens (including phenoxy) is 1. The molecule has 4 rings (SSSR count). The molecule has 2 aromatic rings. The summed E-state index contributed by atoms with van der Waals surface area (Å²) in [4.78, 5) is 42.2. The number of β-amino-alcohol motifs (C(OH)–C–C–N with tert-alkyl or cyclic N) is 1. The Morgan fingerprint density at radius 2 is 2.10 bits per heavy atom. The van der Waals surface area contributed by atoms with Gasteiger partial charge in [0.15, 0.2) is 5.13 Å². The molecule has 31 heavy (non-hydrogen) atoms. The van der Waals surface area contributed by atoms with Crippen LogP contribution in [0.3, 0.4) is 0 Å². The molecule has 1 amide bonds. The quantitative estimate of drug-likeness (QED) is 0.514. The lowest BCUT2D eigenvalue weighted by Gasteiger charge is -2.29. The molecule has 0 aromatic carbocycles. The number of hydrogen-bond acceptors (Lipinski definition) is 11. The molecular weight excluding hydrogens is 422 g/mol. The number of nitrogens with zero attached hydrogens (tertiary/aromatic N) is 5. The van der Waals surface area contributed by atoms with Crippen LogP contribution in [0.1, 0.15) is 27.9 Å². The van der Waals surface area contributed by atoms with Crippen molar-refractivity contribution in [1.29, 1.82) is 0 Å². The van der Waals surface area contributed by atoms with Gasteiger partial charge < -0.3 is 25.0 Å². The lowest BCUT2D eigenvalue weighted by molar-refractivity contribution is -0.120. The van der Waals surface area contributed by atoms with Gasteiger partial charge in [0.05, 0.1) is 25.5 Å². The second-order valence-corrected chi connectivity index (χ2v) is 8.18. The molecule has 0 bridgehead atoms. The SMILES string of the molecule is CCOC(=O)c1sc(Nc2nc3c(c(N4CCNC(=O)C4)n2)CCN3CCO)nc1C.